The molecule has 0 spiro atoms. The summed E-state index contributed by atoms with van der Waals surface area (Å²) in [4.78, 5) is 23.9. The van der Waals surface area contributed by atoms with Gasteiger partial charge in [-0.3, -0.25) is 4.79 Å². The van der Waals surface area contributed by atoms with Crippen molar-refractivity contribution in [2.24, 2.45) is 0 Å². The molecule has 0 bridgehead atoms. The summed E-state index contributed by atoms with van der Waals surface area (Å²) < 4.78 is 9.65. The molecule has 0 radical (unpaired) electrons. The Kier molecular flexibility index (Phi) is 3.64. The van der Waals surface area contributed by atoms with E-state index in [4.69, 9.17) is 4.74 Å². The number of allylic oxidation sites excluding steroid dienone is 1. The molecule has 0 atom stereocenters. The van der Waals surface area contributed by atoms with Crippen LogP contribution in [0.4, 0.5) is 0 Å². The van der Waals surface area contributed by atoms with Gasteiger partial charge in [0.1, 0.15) is 0 Å². The van der Waals surface area contributed by atoms with Gasteiger partial charge in [-0.2, -0.15) is 0 Å². The summed E-state index contributed by atoms with van der Waals surface area (Å²) in [7, 11) is 0. The van der Waals surface area contributed by atoms with Crippen LogP contribution in [0, 0.1) is 0 Å². The van der Waals surface area contributed by atoms with Gasteiger partial charge in [0.25, 0.3) is 0 Å². The van der Waals surface area contributed by atoms with Gasteiger partial charge in [0.2, 0.25) is 0 Å². The Labute approximate surface area is 82.3 Å². The van der Waals surface area contributed by atoms with Gasteiger partial charge in [0, 0.05) is 13.1 Å². The largest absolute Gasteiger partial charge is 0.425 e. The summed E-state index contributed by atoms with van der Waals surface area (Å²) in [6.07, 6.45) is 0. The zero-order chi connectivity index (χ0) is 10.6. The van der Waals surface area contributed by atoms with Gasteiger partial charge in [0.15, 0.2) is 0 Å². The normalized spacial score (nSPS) is 16.2. The van der Waals surface area contributed by atoms with Crippen LogP contribution in [-0.4, -0.2) is 43.1 Å². The van der Waals surface area contributed by atoms with Crippen molar-refractivity contribution in [2.45, 2.75) is 6.92 Å². The smallest absolute Gasteiger partial charge is 0.402 e. The minimum Gasteiger partial charge on any atom is -0.425 e. The Morgan fingerprint density at radius 2 is 1.93 bits per heavy atom. The second-order valence-electron chi connectivity index (χ2n) is 3.00. The van der Waals surface area contributed by atoms with Crippen molar-refractivity contribution in [3.63, 3.8) is 0 Å². The van der Waals surface area contributed by atoms with Gasteiger partial charge in [-0.25, -0.2) is 4.79 Å². The Bertz CT molecular complexity index is 256. The summed E-state index contributed by atoms with van der Waals surface area (Å²) in [5.74, 6) is -1.28. The van der Waals surface area contributed by atoms with E-state index in [9.17, 15) is 9.59 Å². The molecule has 78 valence electrons. The number of amides is 1. The van der Waals surface area contributed by atoms with Crippen LogP contribution in [0.1, 0.15) is 6.92 Å². The average Bonchev–Trinajstić information content (AvgIpc) is 2.17. The first-order valence-electron chi connectivity index (χ1n) is 4.35. The molecule has 0 aromatic carbocycles. The zero-order valence-corrected chi connectivity index (χ0v) is 8.12. The maximum Gasteiger partial charge on any atom is 0.402 e. The lowest BCUT2D eigenvalue weighted by molar-refractivity contribution is -0.159. The molecule has 0 aliphatic carbocycles. The van der Waals surface area contributed by atoms with E-state index in [0.29, 0.717) is 26.3 Å². The molecule has 0 N–H and O–H groups in total. The Morgan fingerprint density at radius 3 is 2.43 bits per heavy atom. The van der Waals surface area contributed by atoms with E-state index in [1.54, 1.807) is 0 Å². The molecule has 1 aliphatic rings. The van der Waals surface area contributed by atoms with Crippen LogP contribution in [-0.2, 0) is 19.1 Å². The highest BCUT2D eigenvalue weighted by atomic mass is 16.5. The summed E-state index contributed by atoms with van der Waals surface area (Å²) in [6, 6.07) is 0. The predicted octanol–water partition coefficient (Wildman–Crippen LogP) is -0.0780. The van der Waals surface area contributed by atoms with Gasteiger partial charge in [-0.15, -0.1) is 0 Å². The third-order valence-electron chi connectivity index (χ3n) is 1.74. The molecule has 0 saturated carbocycles. The fourth-order valence-corrected chi connectivity index (χ4v) is 1.10. The van der Waals surface area contributed by atoms with Crippen LogP contribution < -0.4 is 0 Å². The second-order valence-corrected chi connectivity index (χ2v) is 3.00. The molecule has 0 aromatic rings. The molecule has 0 unspecified atom stereocenters. The second kappa shape index (κ2) is 4.76. The molecule has 5 heteroatoms. The lowest BCUT2D eigenvalue weighted by Gasteiger charge is -2.25. The number of rotatable bonds is 1. The van der Waals surface area contributed by atoms with Crippen molar-refractivity contribution in [2.75, 3.05) is 26.3 Å². The van der Waals surface area contributed by atoms with Crippen LogP contribution >= 0.6 is 0 Å². The standard InChI is InChI=1S/C9H13NO4/c1-7(2)14-9(12)8(11)10-3-5-13-6-4-10/h1,3-6H2,2H3. The molecule has 5 nitrogen and oxygen atoms in total. The minimum absolute atomic E-state index is 0.219. The molecule has 0 aromatic heterocycles. The van der Waals surface area contributed by atoms with Crippen LogP contribution in [0.2, 0.25) is 0 Å². The van der Waals surface area contributed by atoms with Crippen molar-refractivity contribution in [3.05, 3.63) is 12.3 Å². The van der Waals surface area contributed by atoms with Gasteiger partial charge in [0.05, 0.1) is 19.0 Å². The Balaban J connectivity index is 2.46. The van der Waals surface area contributed by atoms with Crippen LogP contribution in [0.25, 0.3) is 0 Å². The van der Waals surface area contributed by atoms with Crippen LogP contribution in [0.15, 0.2) is 12.3 Å². The zero-order valence-electron chi connectivity index (χ0n) is 8.12. The summed E-state index contributed by atoms with van der Waals surface area (Å²) in [5.41, 5.74) is 0. The quantitative estimate of drug-likeness (QED) is 0.337. The maximum absolute atomic E-state index is 11.4. The first kappa shape index (κ1) is 10.7. The van der Waals surface area contributed by atoms with Crippen molar-refractivity contribution in [1.29, 1.82) is 0 Å². The van der Waals surface area contributed by atoms with Crippen molar-refractivity contribution in [1.82, 2.24) is 4.90 Å². The highest BCUT2D eigenvalue weighted by Gasteiger charge is 2.25. The van der Waals surface area contributed by atoms with E-state index in [0.717, 1.165) is 0 Å². The number of esters is 1. The number of nitrogens with zero attached hydrogens (tertiary/aromatic N) is 1. The summed E-state index contributed by atoms with van der Waals surface area (Å²) in [6.45, 7) is 6.70. The first-order chi connectivity index (χ1) is 6.61. The van der Waals surface area contributed by atoms with Gasteiger partial charge in [-0.05, 0) is 6.92 Å². The topological polar surface area (TPSA) is 55.8 Å². The van der Waals surface area contributed by atoms with E-state index in [2.05, 4.69) is 11.3 Å². The fourth-order valence-electron chi connectivity index (χ4n) is 1.10. The minimum atomic E-state index is -0.876. The lowest BCUT2D eigenvalue weighted by atomic mass is 10.4. The van der Waals surface area contributed by atoms with Crippen molar-refractivity contribution in [3.8, 4) is 0 Å². The molecule has 1 fully saturated rings. The lowest BCUT2D eigenvalue weighted by Crippen LogP contribution is -2.44. The molecule has 1 aliphatic heterocycles. The highest BCUT2D eigenvalue weighted by Crippen LogP contribution is 2.00. The van der Waals surface area contributed by atoms with Crippen LogP contribution in [0.3, 0.4) is 0 Å². The fraction of sp³-hybridized carbons (Fsp3) is 0.556. The van der Waals surface area contributed by atoms with E-state index in [1.807, 2.05) is 0 Å². The van der Waals surface area contributed by atoms with E-state index < -0.39 is 11.9 Å². The van der Waals surface area contributed by atoms with E-state index >= 15 is 0 Å². The third kappa shape index (κ3) is 2.85. The number of carbonyl (C=O) groups is 2. The van der Waals surface area contributed by atoms with E-state index in [-0.39, 0.29) is 5.76 Å². The number of ether oxygens (including phenoxy) is 2. The van der Waals surface area contributed by atoms with Gasteiger partial charge >= 0.3 is 11.9 Å². The highest BCUT2D eigenvalue weighted by molar-refractivity contribution is 6.32. The molecule has 1 heterocycles. The van der Waals surface area contributed by atoms with Crippen molar-refractivity contribution < 1.29 is 19.1 Å². The van der Waals surface area contributed by atoms with E-state index in [1.165, 1.54) is 11.8 Å². The van der Waals surface area contributed by atoms with Gasteiger partial charge in [-0.1, -0.05) is 6.58 Å². The predicted molar refractivity (Wildman–Crippen MR) is 48.3 cm³/mol. The Morgan fingerprint density at radius 1 is 1.36 bits per heavy atom. The molecular weight excluding hydrogens is 186 g/mol. The Hall–Kier alpha value is -1.36. The summed E-state index contributed by atoms with van der Waals surface area (Å²) in [5, 5.41) is 0. The molecule has 1 saturated heterocycles. The molecule has 1 rings (SSSR count). The number of morpholine rings is 1. The van der Waals surface area contributed by atoms with Gasteiger partial charge < -0.3 is 14.4 Å². The molecular formula is C9H13NO4. The average molecular weight is 199 g/mol. The third-order valence-corrected chi connectivity index (χ3v) is 1.74. The number of carbonyl (C=O) groups excluding carboxylic acids is 2. The van der Waals surface area contributed by atoms with Crippen LogP contribution in [0.5, 0.6) is 0 Å². The monoisotopic (exact) mass is 199 g/mol. The SMILES string of the molecule is C=C(C)OC(=O)C(=O)N1CCOCC1. The molecule has 1 amide bonds. The number of hydrogen-bond acceptors (Lipinski definition) is 4. The summed E-state index contributed by atoms with van der Waals surface area (Å²) >= 11 is 0. The van der Waals surface area contributed by atoms with Crippen molar-refractivity contribution >= 4 is 11.9 Å². The molecule has 14 heavy (non-hydrogen) atoms. The maximum atomic E-state index is 11.4. The first-order valence-corrected chi connectivity index (χ1v) is 4.35. The number of hydrogen-bond donors (Lipinski definition) is 0.